The average molecular weight is 334 g/mol. The largest absolute Gasteiger partial charge is 0.379 e. The maximum absolute atomic E-state index is 11.8. The summed E-state index contributed by atoms with van der Waals surface area (Å²) in [5.74, 6) is -1.24. The van der Waals surface area contributed by atoms with Crippen LogP contribution in [0.5, 0.6) is 0 Å². The molecule has 1 heterocycles. The Labute approximate surface area is 142 Å². The molecule has 0 saturated carbocycles. The van der Waals surface area contributed by atoms with Crippen LogP contribution < -0.4 is 15.5 Å². The van der Waals surface area contributed by atoms with Crippen molar-refractivity contribution in [1.82, 2.24) is 15.5 Å². The number of rotatable bonds is 5. The highest BCUT2D eigenvalue weighted by atomic mass is 16.5. The summed E-state index contributed by atoms with van der Waals surface area (Å²) in [5.41, 5.74) is 2.23. The lowest BCUT2D eigenvalue weighted by Crippen LogP contribution is -2.46. The predicted molar refractivity (Wildman–Crippen MR) is 93.0 cm³/mol. The number of likely N-dealkylation sites (N-methyl/N-ethyl adjacent to an activating group) is 1. The highest BCUT2D eigenvalue weighted by molar-refractivity contribution is 6.35. The molecule has 2 amide bonds. The van der Waals surface area contributed by atoms with Gasteiger partial charge in [0.25, 0.3) is 0 Å². The molecule has 0 aromatic heterocycles. The maximum Gasteiger partial charge on any atom is 0.309 e. The standard InChI is InChI=1S/C17H26N4O3/c1-18-16(22)17(23)19-12-15(21-8-10-24-11-9-21)13-4-6-14(7-5-13)20(2)3/h4-7,15H,8-12H2,1-3H3,(H,18,22)(H,19,23)/t15-/m1/s1. The third-order valence-electron chi connectivity index (χ3n) is 4.17. The van der Waals surface area contributed by atoms with E-state index < -0.39 is 11.8 Å². The molecule has 24 heavy (non-hydrogen) atoms. The summed E-state index contributed by atoms with van der Waals surface area (Å²) in [6, 6.07) is 8.27. The summed E-state index contributed by atoms with van der Waals surface area (Å²) in [5, 5.41) is 5.06. The van der Waals surface area contributed by atoms with Gasteiger partial charge in [-0.1, -0.05) is 12.1 Å². The predicted octanol–water partition coefficient (Wildman–Crippen LogP) is -0.0119. The average Bonchev–Trinajstić information content (AvgIpc) is 2.62. The van der Waals surface area contributed by atoms with Gasteiger partial charge in [0, 0.05) is 46.5 Å². The van der Waals surface area contributed by atoms with Crippen molar-refractivity contribution in [2.24, 2.45) is 0 Å². The SMILES string of the molecule is CNC(=O)C(=O)NC[C@H](c1ccc(N(C)C)cc1)N1CCOCC1. The summed E-state index contributed by atoms with van der Waals surface area (Å²) in [7, 11) is 5.44. The molecule has 0 spiro atoms. The number of nitrogens with zero attached hydrogens (tertiary/aromatic N) is 2. The quantitative estimate of drug-likeness (QED) is 0.741. The third-order valence-corrected chi connectivity index (χ3v) is 4.17. The van der Waals surface area contributed by atoms with Crippen LogP contribution in [0.2, 0.25) is 0 Å². The number of hydrogen-bond acceptors (Lipinski definition) is 5. The van der Waals surface area contributed by atoms with Gasteiger partial charge in [0.2, 0.25) is 0 Å². The number of amides is 2. The first-order valence-corrected chi connectivity index (χ1v) is 8.12. The molecule has 7 nitrogen and oxygen atoms in total. The van der Waals surface area contributed by atoms with Gasteiger partial charge in [-0.15, -0.1) is 0 Å². The zero-order valence-corrected chi connectivity index (χ0v) is 14.5. The van der Waals surface area contributed by atoms with Crippen LogP contribution >= 0.6 is 0 Å². The van der Waals surface area contributed by atoms with Crippen LogP contribution in [0.25, 0.3) is 0 Å². The fraction of sp³-hybridized carbons (Fsp3) is 0.529. The molecule has 1 atom stereocenters. The molecule has 1 aliphatic heterocycles. The van der Waals surface area contributed by atoms with Crippen LogP contribution in [0.3, 0.4) is 0 Å². The number of nitrogens with one attached hydrogen (secondary N) is 2. The number of carbonyl (C=O) groups excluding carboxylic acids is 2. The molecule has 1 aromatic carbocycles. The van der Waals surface area contributed by atoms with E-state index >= 15 is 0 Å². The van der Waals surface area contributed by atoms with Gasteiger partial charge < -0.3 is 20.3 Å². The van der Waals surface area contributed by atoms with Crippen molar-refractivity contribution >= 4 is 17.5 Å². The number of benzene rings is 1. The van der Waals surface area contributed by atoms with Gasteiger partial charge >= 0.3 is 11.8 Å². The van der Waals surface area contributed by atoms with E-state index in [4.69, 9.17) is 4.74 Å². The molecule has 1 aromatic rings. The monoisotopic (exact) mass is 334 g/mol. The van der Waals surface area contributed by atoms with Crippen LogP contribution in [0.15, 0.2) is 24.3 Å². The molecule has 2 N–H and O–H groups in total. The molecular formula is C17H26N4O3. The van der Waals surface area contributed by atoms with Gasteiger partial charge in [0.15, 0.2) is 0 Å². The lowest BCUT2D eigenvalue weighted by Gasteiger charge is -2.35. The second-order valence-corrected chi connectivity index (χ2v) is 5.94. The minimum absolute atomic E-state index is 0.0127. The number of anilines is 1. The highest BCUT2D eigenvalue weighted by Gasteiger charge is 2.24. The fourth-order valence-corrected chi connectivity index (χ4v) is 2.72. The molecule has 1 fully saturated rings. The lowest BCUT2D eigenvalue weighted by atomic mass is 10.0. The topological polar surface area (TPSA) is 73.9 Å². The molecule has 0 aliphatic carbocycles. The minimum Gasteiger partial charge on any atom is -0.379 e. The Morgan fingerprint density at radius 1 is 1.17 bits per heavy atom. The van der Waals surface area contributed by atoms with Crippen molar-refractivity contribution in [3.8, 4) is 0 Å². The van der Waals surface area contributed by atoms with Gasteiger partial charge in [0.1, 0.15) is 0 Å². The van der Waals surface area contributed by atoms with Gasteiger partial charge in [-0.2, -0.15) is 0 Å². The number of hydrogen-bond donors (Lipinski definition) is 2. The number of morpholine rings is 1. The molecule has 2 rings (SSSR count). The molecule has 132 valence electrons. The Bertz CT molecular complexity index is 553. The van der Waals surface area contributed by atoms with Crippen LogP contribution in [-0.2, 0) is 14.3 Å². The summed E-state index contributed by atoms with van der Waals surface area (Å²) < 4.78 is 5.42. The molecule has 0 bridgehead atoms. The molecule has 7 heteroatoms. The summed E-state index contributed by atoms with van der Waals surface area (Å²) in [4.78, 5) is 27.5. The second kappa shape index (κ2) is 8.65. The van der Waals surface area contributed by atoms with Gasteiger partial charge in [0.05, 0.1) is 19.3 Å². The Morgan fingerprint density at radius 3 is 2.33 bits per heavy atom. The summed E-state index contributed by atoms with van der Waals surface area (Å²) in [6.07, 6.45) is 0. The van der Waals surface area contributed by atoms with E-state index in [2.05, 4.69) is 39.8 Å². The number of ether oxygens (including phenoxy) is 1. The highest BCUT2D eigenvalue weighted by Crippen LogP contribution is 2.23. The van der Waals surface area contributed by atoms with Gasteiger partial charge in [-0.05, 0) is 17.7 Å². The van der Waals surface area contributed by atoms with Crippen molar-refractivity contribution in [3.63, 3.8) is 0 Å². The van der Waals surface area contributed by atoms with Crippen molar-refractivity contribution < 1.29 is 14.3 Å². The normalized spacial score (nSPS) is 16.3. The van der Waals surface area contributed by atoms with E-state index in [1.54, 1.807) is 0 Å². The van der Waals surface area contributed by atoms with E-state index in [1.807, 2.05) is 19.0 Å². The van der Waals surface area contributed by atoms with Crippen LogP contribution in [0.1, 0.15) is 11.6 Å². The van der Waals surface area contributed by atoms with Gasteiger partial charge in [-0.3, -0.25) is 14.5 Å². The van der Waals surface area contributed by atoms with Crippen molar-refractivity contribution in [2.75, 3.05) is 58.9 Å². The van der Waals surface area contributed by atoms with E-state index in [0.717, 1.165) is 24.3 Å². The Balaban J connectivity index is 2.12. The van der Waals surface area contributed by atoms with Crippen LogP contribution in [-0.4, -0.2) is 70.7 Å². The molecule has 1 saturated heterocycles. The van der Waals surface area contributed by atoms with Crippen molar-refractivity contribution in [3.05, 3.63) is 29.8 Å². The molecule has 0 unspecified atom stereocenters. The Kier molecular flexibility index (Phi) is 6.57. The molecular weight excluding hydrogens is 308 g/mol. The first kappa shape index (κ1) is 18.2. The first-order valence-electron chi connectivity index (χ1n) is 8.12. The molecule has 0 radical (unpaired) electrons. The summed E-state index contributed by atoms with van der Waals surface area (Å²) in [6.45, 7) is 3.34. The zero-order chi connectivity index (χ0) is 17.5. The summed E-state index contributed by atoms with van der Waals surface area (Å²) >= 11 is 0. The number of carbonyl (C=O) groups is 2. The minimum atomic E-state index is -0.626. The van der Waals surface area contributed by atoms with Crippen molar-refractivity contribution in [2.45, 2.75) is 6.04 Å². The van der Waals surface area contributed by atoms with E-state index in [0.29, 0.717) is 19.8 Å². The van der Waals surface area contributed by atoms with E-state index in [1.165, 1.54) is 7.05 Å². The Hall–Kier alpha value is -2.12. The Morgan fingerprint density at radius 2 is 1.79 bits per heavy atom. The smallest absolute Gasteiger partial charge is 0.309 e. The van der Waals surface area contributed by atoms with Crippen molar-refractivity contribution in [1.29, 1.82) is 0 Å². The zero-order valence-electron chi connectivity index (χ0n) is 14.5. The lowest BCUT2D eigenvalue weighted by molar-refractivity contribution is -0.139. The van der Waals surface area contributed by atoms with Crippen LogP contribution in [0, 0.1) is 0 Å². The van der Waals surface area contributed by atoms with E-state index in [9.17, 15) is 9.59 Å². The van der Waals surface area contributed by atoms with Crippen LogP contribution in [0.4, 0.5) is 5.69 Å². The fourth-order valence-electron chi connectivity index (χ4n) is 2.72. The van der Waals surface area contributed by atoms with E-state index in [-0.39, 0.29) is 6.04 Å². The first-order chi connectivity index (χ1) is 11.5. The molecule has 1 aliphatic rings. The van der Waals surface area contributed by atoms with Gasteiger partial charge in [-0.25, -0.2) is 0 Å². The third kappa shape index (κ3) is 4.69. The second-order valence-electron chi connectivity index (χ2n) is 5.94. The maximum atomic E-state index is 11.8.